The summed E-state index contributed by atoms with van der Waals surface area (Å²) in [5, 5.41) is 0. The van der Waals surface area contributed by atoms with Crippen molar-refractivity contribution in [3.05, 3.63) is 30.3 Å². The van der Waals surface area contributed by atoms with Crippen LogP contribution < -0.4 is 4.57 Å². The SMILES string of the molecule is CCO[Si](CCCCN(c1ccccc1)[Si](CC)(CC)CC)(OCC)OCC. The van der Waals surface area contributed by atoms with Gasteiger partial charge in [-0.1, -0.05) is 39.0 Å². The Morgan fingerprint density at radius 1 is 0.714 bits per heavy atom. The topological polar surface area (TPSA) is 30.9 Å². The Bertz CT molecular complexity index is 486. The molecule has 0 unspecified atom stereocenters. The smallest absolute Gasteiger partial charge is 0.397 e. The fourth-order valence-electron chi connectivity index (χ4n) is 4.18. The predicted molar refractivity (Wildman–Crippen MR) is 126 cm³/mol. The standard InChI is InChI=1S/C22H43NO3Si2/c1-7-24-28(25-8-2,26-9-3)21-17-16-20-23(22-18-14-13-15-19-22)27(10-4,11-5)12-6/h13-15,18-19H,7-12,16-17,20-21H2,1-6H3. The molecule has 162 valence electrons. The minimum atomic E-state index is -2.52. The van der Waals surface area contributed by atoms with Gasteiger partial charge in [0.05, 0.1) is 0 Å². The van der Waals surface area contributed by atoms with Gasteiger partial charge in [-0.2, -0.15) is 0 Å². The Balaban J connectivity index is 2.85. The van der Waals surface area contributed by atoms with Gasteiger partial charge >= 0.3 is 8.80 Å². The molecule has 0 N–H and O–H groups in total. The Kier molecular flexibility index (Phi) is 12.3. The zero-order valence-electron chi connectivity index (χ0n) is 19.1. The van der Waals surface area contributed by atoms with Gasteiger partial charge in [-0.15, -0.1) is 0 Å². The molecule has 28 heavy (non-hydrogen) atoms. The van der Waals surface area contributed by atoms with E-state index in [4.69, 9.17) is 13.3 Å². The third-order valence-corrected chi connectivity index (χ3v) is 14.5. The number of rotatable bonds is 16. The van der Waals surface area contributed by atoms with Crippen LogP contribution in [0.15, 0.2) is 30.3 Å². The molecule has 0 saturated carbocycles. The lowest BCUT2D eigenvalue weighted by Gasteiger charge is -2.43. The average molecular weight is 426 g/mol. The molecule has 0 aliphatic heterocycles. The van der Waals surface area contributed by atoms with Gasteiger partial charge in [-0.05, 0) is 63.9 Å². The summed E-state index contributed by atoms with van der Waals surface area (Å²) >= 11 is 0. The number of hydrogen-bond donors (Lipinski definition) is 0. The Hall–Kier alpha value is -0.666. The van der Waals surface area contributed by atoms with Crippen molar-refractivity contribution in [3.63, 3.8) is 0 Å². The molecule has 0 aliphatic carbocycles. The lowest BCUT2D eigenvalue weighted by Crippen LogP contribution is -2.53. The van der Waals surface area contributed by atoms with Gasteiger partial charge in [0.15, 0.2) is 8.24 Å². The van der Waals surface area contributed by atoms with Crippen LogP contribution in [0, 0.1) is 0 Å². The van der Waals surface area contributed by atoms with E-state index in [0.717, 1.165) is 25.4 Å². The molecule has 0 amide bonds. The van der Waals surface area contributed by atoms with E-state index in [0.29, 0.717) is 19.8 Å². The molecular weight excluding hydrogens is 382 g/mol. The van der Waals surface area contributed by atoms with Gasteiger partial charge in [0, 0.05) is 38.1 Å². The van der Waals surface area contributed by atoms with E-state index in [-0.39, 0.29) is 0 Å². The number of unbranched alkanes of at least 4 members (excludes halogenated alkanes) is 1. The van der Waals surface area contributed by atoms with Crippen LogP contribution >= 0.6 is 0 Å². The summed E-state index contributed by atoms with van der Waals surface area (Å²) in [6, 6.07) is 15.8. The van der Waals surface area contributed by atoms with Gasteiger partial charge in [-0.25, -0.2) is 0 Å². The second-order valence-corrected chi connectivity index (χ2v) is 15.1. The fraction of sp³-hybridized carbons (Fsp3) is 0.727. The molecule has 0 radical (unpaired) electrons. The molecule has 0 fully saturated rings. The zero-order valence-corrected chi connectivity index (χ0v) is 21.1. The van der Waals surface area contributed by atoms with Crippen molar-refractivity contribution in [1.29, 1.82) is 0 Å². The number of anilines is 1. The van der Waals surface area contributed by atoms with Crippen molar-refractivity contribution >= 4 is 22.7 Å². The van der Waals surface area contributed by atoms with Crippen molar-refractivity contribution in [2.45, 2.75) is 78.6 Å². The van der Waals surface area contributed by atoms with Crippen molar-refractivity contribution in [3.8, 4) is 0 Å². The van der Waals surface area contributed by atoms with Crippen LogP contribution in [0.1, 0.15) is 54.4 Å². The highest BCUT2D eigenvalue weighted by Crippen LogP contribution is 2.31. The first kappa shape index (κ1) is 25.4. The van der Waals surface area contributed by atoms with E-state index in [9.17, 15) is 0 Å². The maximum absolute atomic E-state index is 6.02. The van der Waals surface area contributed by atoms with Crippen LogP contribution in [0.4, 0.5) is 5.69 Å². The Labute approximate surface area is 176 Å². The van der Waals surface area contributed by atoms with E-state index < -0.39 is 17.0 Å². The highest BCUT2D eigenvalue weighted by atomic mass is 28.4. The molecule has 0 heterocycles. The average Bonchev–Trinajstić information content (AvgIpc) is 2.72. The van der Waals surface area contributed by atoms with E-state index in [1.165, 1.54) is 23.8 Å². The van der Waals surface area contributed by atoms with E-state index >= 15 is 0 Å². The van der Waals surface area contributed by atoms with E-state index in [1.807, 2.05) is 20.8 Å². The summed E-state index contributed by atoms with van der Waals surface area (Å²) in [5.74, 6) is 0. The maximum atomic E-state index is 6.02. The van der Waals surface area contributed by atoms with Crippen molar-refractivity contribution < 1.29 is 13.3 Å². The molecule has 0 saturated heterocycles. The highest BCUT2D eigenvalue weighted by Gasteiger charge is 2.40. The van der Waals surface area contributed by atoms with Crippen LogP contribution in [0.25, 0.3) is 0 Å². The quantitative estimate of drug-likeness (QED) is 0.229. The molecule has 6 heteroatoms. The maximum Gasteiger partial charge on any atom is 0.500 e. The molecule has 0 atom stereocenters. The molecule has 0 aromatic heterocycles. The lowest BCUT2D eigenvalue weighted by atomic mass is 10.3. The monoisotopic (exact) mass is 425 g/mol. The van der Waals surface area contributed by atoms with Gasteiger partial charge in [0.2, 0.25) is 0 Å². The van der Waals surface area contributed by atoms with E-state index in [1.54, 1.807) is 0 Å². The predicted octanol–water partition coefficient (Wildman–Crippen LogP) is 6.33. The first-order valence-electron chi connectivity index (χ1n) is 11.3. The zero-order chi connectivity index (χ0) is 20.9. The normalized spacial score (nSPS) is 12.4. The van der Waals surface area contributed by atoms with Crippen LogP contribution in [-0.4, -0.2) is 43.4 Å². The second-order valence-electron chi connectivity index (χ2n) is 7.21. The van der Waals surface area contributed by atoms with E-state index in [2.05, 4.69) is 55.7 Å². The summed E-state index contributed by atoms with van der Waals surface area (Å²) < 4.78 is 20.8. The third-order valence-electron chi connectivity index (χ3n) is 5.82. The first-order valence-corrected chi connectivity index (χ1v) is 15.8. The van der Waals surface area contributed by atoms with Crippen molar-refractivity contribution in [2.75, 3.05) is 30.9 Å². The molecule has 0 spiro atoms. The minimum Gasteiger partial charge on any atom is -0.397 e. The Morgan fingerprint density at radius 3 is 1.64 bits per heavy atom. The molecular formula is C22H43NO3Si2. The number of para-hydroxylation sites is 1. The summed E-state index contributed by atoms with van der Waals surface area (Å²) in [6.45, 7) is 16.3. The third kappa shape index (κ3) is 6.99. The van der Waals surface area contributed by atoms with Gasteiger partial charge in [0.25, 0.3) is 0 Å². The van der Waals surface area contributed by atoms with Crippen molar-refractivity contribution in [2.24, 2.45) is 0 Å². The fourth-order valence-corrected chi connectivity index (χ4v) is 10.8. The molecule has 0 bridgehead atoms. The van der Waals surface area contributed by atoms with Gasteiger partial charge in [-0.3, -0.25) is 0 Å². The van der Waals surface area contributed by atoms with Crippen LogP contribution in [0.2, 0.25) is 24.2 Å². The highest BCUT2D eigenvalue weighted by molar-refractivity contribution is 6.83. The van der Waals surface area contributed by atoms with Crippen LogP contribution in [0.3, 0.4) is 0 Å². The summed E-state index contributed by atoms with van der Waals surface area (Å²) in [7, 11) is -4.00. The van der Waals surface area contributed by atoms with Crippen LogP contribution in [0.5, 0.6) is 0 Å². The van der Waals surface area contributed by atoms with Gasteiger partial charge in [0.1, 0.15) is 0 Å². The molecule has 1 aromatic carbocycles. The lowest BCUT2D eigenvalue weighted by molar-refractivity contribution is 0.0707. The van der Waals surface area contributed by atoms with Crippen molar-refractivity contribution in [1.82, 2.24) is 0 Å². The Morgan fingerprint density at radius 2 is 1.21 bits per heavy atom. The minimum absolute atomic E-state index is 0.653. The number of nitrogens with zero attached hydrogens (tertiary/aromatic N) is 1. The summed E-state index contributed by atoms with van der Waals surface area (Å²) in [5.41, 5.74) is 1.39. The summed E-state index contributed by atoms with van der Waals surface area (Å²) in [4.78, 5) is 0. The van der Waals surface area contributed by atoms with Gasteiger partial charge < -0.3 is 17.8 Å². The largest absolute Gasteiger partial charge is 0.500 e. The molecule has 1 rings (SSSR count). The molecule has 4 nitrogen and oxygen atoms in total. The molecule has 1 aromatic rings. The van der Waals surface area contributed by atoms with Crippen LogP contribution in [-0.2, 0) is 13.3 Å². The first-order chi connectivity index (χ1) is 13.6. The molecule has 0 aliphatic rings. The summed E-state index contributed by atoms with van der Waals surface area (Å²) in [6.07, 6.45) is 2.22. The second kappa shape index (κ2) is 13.5. The number of hydrogen-bond acceptors (Lipinski definition) is 4. The number of benzene rings is 1.